The first kappa shape index (κ1) is 38.3. The van der Waals surface area contributed by atoms with Gasteiger partial charge in [0.2, 0.25) is 0 Å². The number of rotatable bonds is 0. The molecule has 0 rings (SSSR count). The van der Waals surface area contributed by atoms with E-state index in [9.17, 15) is 0 Å². The van der Waals surface area contributed by atoms with E-state index in [0.717, 1.165) is 0 Å². The third-order valence-corrected chi connectivity index (χ3v) is 0. The van der Waals surface area contributed by atoms with E-state index in [1.807, 2.05) is 0 Å². The fraction of sp³-hybridized carbons (Fsp3) is 0. The molecule has 0 atom stereocenters. The number of hydrogen-bond acceptors (Lipinski definition) is 1. The molecule has 0 heterocycles. The van der Waals surface area contributed by atoms with Crippen LogP contribution < -0.4 is 0 Å². The molecule has 1 nitrogen and oxygen atoms in total. The second-order valence-corrected chi connectivity index (χ2v) is 0. The SMILES string of the molecule is [Co].[LiH].[Ni].[O]=[Mn].[W]. The molecule has 0 aliphatic heterocycles. The van der Waals surface area contributed by atoms with Crippen molar-refractivity contribution >= 4 is 18.9 Å². The minimum absolute atomic E-state index is 0. The van der Waals surface area contributed by atoms with Crippen LogP contribution in [-0.4, -0.2) is 18.9 Å². The second kappa shape index (κ2) is 48.9. The Morgan fingerprint density at radius 3 is 1.17 bits per heavy atom. The monoisotopic (exact) mass is 380 g/mol. The summed E-state index contributed by atoms with van der Waals surface area (Å²) in [6.07, 6.45) is 0. The molecule has 0 spiro atoms. The Kier molecular flexibility index (Phi) is 312. The van der Waals surface area contributed by atoms with Gasteiger partial charge in [-0.3, -0.25) is 0 Å². The Morgan fingerprint density at radius 2 is 1.17 bits per heavy atom. The predicted octanol–water partition coefficient (Wildman–Crippen LogP) is -0.777. The molecule has 6 heavy (non-hydrogen) atoms. The Morgan fingerprint density at radius 1 is 1.17 bits per heavy atom. The molecule has 0 saturated heterocycles. The third-order valence-electron chi connectivity index (χ3n) is 0. The summed E-state index contributed by atoms with van der Waals surface area (Å²) in [7, 11) is 0. The summed E-state index contributed by atoms with van der Waals surface area (Å²) < 4.78 is 8.06. The van der Waals surface area contributed by atoms with E-state index in [1.54, 1.807) is 15.9 Å². The zero-order valence-corrected chi connectivity index (χ0v) is 7.99. The summed E-state index contributed by atoms with van der Waals surface area (Å²) in [6.45, 7) is 0. The molecule has 0 bridgehead atoms. The van der Waals surface area contributed by atoms with Gasteiger partial charge in [0.1, 0.15) is 0 Å². The molecule has 1 radical (unpaired) electrons. The first-order valence-corrected chi connectivity index (χ1v) is 0.636. The van der Waals surface area contributed by atoms with E-state index >= 15 is 0 Å². The molecule has 0 aliphatic rings. The maximum Gasteiger partial charge on any atom is 0 e. The minimum atomic E-state index is 0. The molecular formula is HCoLiMnNiOW. The second-order valence-electron chi connectivity index (χ2n) is 0. The van der Waals surface area contributed by atoms with Crippen LogP contribution in [0.4, 0.5) is 0 Å². The van der Waals surface area contributed by atoms with E-state index in [-0.39, 0.29) is 73.2 Å². The van der Waals surface area contributed by atoms with Gasteiger partial charge in [0, 0.05) is 54.3 Å². The Bertz CT molecular complexity index is 15.5. The van der Waals surface area contributed by atoms with Crippen LogP contribution in [0.3, 0.4) is 0 Å². The van der Waals surface area contributed by atoms with Crippen molar-refractivity contribution in [2.24, 2.45) is 0 Å². The number of hydrogen-bond donors (Lipinski definition) is 0. The Balaban J connectivity index is -0.000000000833. The van der Waals surface area contributed by atoms with Gasteiger partial charge >= 0.3 is 38.6 Å². The van der Waals surface area contributed by atoms with Gasteiger partial charge in [0.05, 0.1) is 0 Å². The van der Waals surface area contributed by atoms with E-state index in [1.165, 1.54) is 0 Å². The smallest absolute Gasteiger partial charge is 0 e. The van der Waals surface area contributed by atoms with Gasteiger partial charge < -0.3 is 0 Å². The van der Waals surface area contributed by atoms with Gasteiger partial charge in [0.15, 0.2) is 0 Å². The molecule has 40 valence electrons. The van der Waals surface area contributed by atoms with Crippen molar-refractivity contribution in [2.45, 2.75) is 0 Å². The summed E-state index contributed by atoms with van der Waals surface area (Å²) in [6, 6.07) is 0. The molecule has 0 fully saturated rings. The van der Waals surface area contributed by atoms with Crippen molar-refractivity contribution in [3.63, 3.8) is 0 Å². The standard InChI is InChI=1S/Co.Li.Mn.Ni.O.W.H. The zero-order chi connectivity index (χ0) is 2.00. The molecule has 0 saturated carbocycles. The summed E-state index contributed by atoms with van der Waals surface area (Å²) in [4.78, 5) is 0. The average molecular weight is 380 g/mol. The van der Waals surface area contributed by atoms with Crippen molar-refractivity contribution < 1.29 is 74.1 Å². The minimum Gasteiger partial charge on any atom is 0 e. The zero-order valence-electron chi connectivity index (χ0n) is 1.84. The van der Waals surface area contributed by atoms with E-state index in [0.29, 0.717) is 0 Å². The predicted molar refractivity (Wildman–Crippen MR) is 7.84 cm³/mol. The quantitative estimate of drug-likeness (QED) is 0.504. The molecule has 0 aromatic rings. The molecule has 0 amide bonds. The van der Waals surface area contributed by atoms with Gasteiger partial charge in [-0.25, -0.2) is 0 Å². The molecule has 6 heteroatoms. The van der Waals surface area contributed by atoms with Gasteiger partial charge in [-0.1, -0.05) is 0 Å². The topological polar surface area (TPSA) is 17.1 Å². The van der Waals surface area contributed by atoms with Crippen molar-refractivity contribution in [1.29, 1.82) is 0 Å². The Hall–Kier alpha value is 2.61. The molecule has 0 N–H and O–H groups in total. The normalized spacial score (nSPS) is 0.667. The van der Waals surface area contributed by atoms with Crippen molar-refractivity contribution in [1.82, 2.24) is 0 Å². The van der Waals surface area contributed by atoms with Crippen LogP contribution in [0.2, 0.25) is 0 Å². The fourth-order valence-corrected chi connectivity index (χ4v) is 0. The first-order chi connectivity index (χ1) is 1.00. The third kappa shape index (κ3) is 30.6. The van der Waals surface area contributed by atoms with E-state index in [2.05, 4.69) is 0 Å². The maximum atomic E-state index is 8.06. The molecule has 0 aliphatic carbocycles. The van der Waals surface area contributed by atoms with Crippen LogP contribution >= 0.6 is 0 Å². The van der Waals surface area contributed by atoms with Crippen LogP contribution in [0.25, 0.3) is 0 Å². The van der Waals surface area contributed by atoms with Crippen LogP contribution in [0, 0.1) is 0 Å². The summed E-state index contributed by atoms with van der Waals surface area (Å²) >= 11 is 1.69. The fourth-order valence-electron chi connectivity index (χ4n) is 0. The summed E-state index contributed by atoms with van der Waals surface area (Å²) in [5.41, 5.74) is 0. The maximum absolute atomic E-state index is 8.06. The van der Waals surface area contributed by atoms with Crippen LogP contribution in [0.15, 0.2) is 0 Å². The van der Waals surface area contributed by atoms with Crippen molar-refractivity contribution in [2.75, 3.05) is 0 Å². The van der Waals surface area contributed by atoms with Crippen LogP contribution in [0.1, 0.15) is 0 Å². The van der Waals surface area contributed by atoms with E-state index < -0.39 is 0 Å². The van der Waals surface area contributed by atoms with Gasteiger partial charge in [-0.05, 0) is 0 Å². The molecule has 0 aromatic carbocycles. The largest absolute Gasteiger partial charge is 0 e. The molecular weight excluding hydrogens is 379 g/mol. The van der Waals surface area contributed by atoms with E-state index in [4.69, 9.17) is 3.83 Å². The van der Waals surface area contributed by atoms with Gasteiger partial charge in [-0.15, -0.1) is 0 Å². The van der Waals surface area contributed by atoms with Gasteiger partial charge in [-0.2, -0.15) is 0 Å². The van der Waals surface area contributed by atoms with Crippen molar-refractivity contribution in [3.05, 3.63) is 0 Å². The molecule has 0 aromatic heterocycles. The van der Waals surface area contributed by atoms with Crippen molar-refractivity contribution in [3.8, 4) is 0 Å². The summed E-state index contributed by atoms with van der Waals surface area (Å²) in [5.74, 6) is 0. The Labute approximate surface area is 91.7 Å². The van der Waals surface area contributed by atoms with Gasteiger partial charge in [0.25, 0.3) is 0 Å². The molecule has 0 unspecified atom stereocenters. The van der Waals surface area contributed by atoms with Crippen LogP contribution in [-0.2, 0) is 74.1 Å². The first-order valence-electron chi connectivity index (χ1n) is 0.154. The average Bonchev–Trinajstić information content (AvgIpc) is 1.00. The summed E-state index contributed by atoms with van der Waals surface area (Å²) in [5, 5.41) is 0. The van der Waals surface area contributed by atoms with Crippen LogP contribution in [0.5, 0.6) is 0 Å².